The standard InChI is InChI=1S/C29H29Cl2F2N3O3/c1-3-29(32,33)19-5-4-17-12-20(34(2)25(17)15-19)16-23-24(30)7-6-22(26(23)31)27(37)36-10-8-35(9-11-36)21-13-18(14-21)28(38)39/h3-7,12,15,18,21H,1,8-11,13-14,16H2,2H3,(H,38,39). The number of carboxylic acids is 1. The van der Waals surface area contributed by atoms with Gasteiger partial charge in [0.05, 0.1) is 16.5 Å². The molecule has 1 aromatic heterocycles. The number of alkyl halides is 2. The van der Waals surface area contributed by atoms with Crippen LogP contribution in [0.3, 0.4) is 0 Å². The van der Waals surface area contributed by atoms with Crippen molar-refractivity contribution in [2.45, 2.75) is 31.2 Å². The number of hydrogen-bond acceptors (Lipinski definition) is 3. The van der Waals surface area contributed by atoms with Crippen molar-refractivity contribution in [2.75, 3.05) is 26.2 Å². The van der Waals surface area contributed by atoms with Gasteiger partial charge in [0.15, 0.2) is 0 Å². The van der Waals surface area contributed by atoms with Gasteiger partial charge in [0.1, 0.15) is 0 Å². The largest absolute Gasteiger partial charge is 0.481 e. The molecule has 1 amide bonds. The molecular formula is C29H29Cl2F2N3O3. The average Bonchev–Trinajstić information content (AvgIpc) is 3.20. The number of benzene rings is 2. The van der Waals surface area contributed by atoms with E-state index in [9.17, 15) is 18.4 Å². The van der Waals surface area contributed by atoms with Crippen molar-refractivity contribution < 1.29 is 23.5 Å². The lowest BCUT2D eigenvalue weighted by atomic mass is 9.79. The van der Waals surface area contributed by atoms with Crippen molar-refractivity contribution in [2.24, 2.45) is 13.0 Å². The summed E-state index contributed by atoms with van der Waals surface area (Å²) in [5, 5.41) is 10.6. The first kappa shape index (κ1) is 27.6. The van der Waals surface area contributed by atoms with Crippen LogP contribution in [0, 0.1) is 5.92 Å². The summed E-state index contributed by atoms with van der Waals surface area (Å²) in [7, 11) is 1.80. The lowest BCUT2D eigenvalue weighted by molar-refractivity contribution is -0.147. The van der Waals surface area contributed by atoms with E-state index in [0.29, 0.717) is 73.2 Å². The number of allylic oxidation sites excluding steroid dienone is 1. The van der Waals surface area contributed by atoms with E-state index in [0.717, 1.165) is 11.1 Å². The van der Waals surface area contributed by atoms with Crippen LogP contribution >= 0.6 is 23.2 Å². The molecule has 5 rings (SSSR count). The predicted octanol–water partition coefficient (Wildman–Crippen LogP) is 5.97. The number of fused-ring (bicyclic) bond motifs is 1. The zero-order valence-corrected chi connectivity index (χ0v) is 23.0. The van der Waals surface area contributed by atoms with Crippen molar-refractivity contribution in [3.8, 4) is 0 Å². The minimum Gasteiger partial charge on any atom is -0.481 e. The molecule has 1 aliphatic heterocycles. The van der Waals surface area contributed by atoms with Crippen LogP contribution in [0.15, 0.2) is 49.1 Å². The van der Waals surface area contributed by atoms with Crippen molar-refractivity contribution in [3.05, 3.63) is 81.5 Å². The van der Waals surface area contributed by atoms with E-state index >= 15 is 0 Å². The lowest BCUT2D eigenvalue weighted by Crippen LogP contribution is -2.56. The van der Waals surface area contributed by atoms with Crippen LogP contribution in [0.1, 0.15) is 40.0 Å². The van der Waals surface area contributed by atoms with Gasteiger partial charge in [0.25, 0.3) is 11.8 Å². The van der Waals surface area contributed by atoms with Gasteiger partial charge < -0.3 is 14.6 Å². The zero-order valence-electron chi connectivity index (χ0n) is 21.5. The third-order valence-corrected chi connectivity index (χ3v) is 8.93. The number of carbonyl (C=O) groups is 2. The number of amides is 1. The van der Waals surface area contributed by atoms with Crippen molar-refractivity contribution in [3.63, 3.8) is 0 Å². The van der Waals surface area contributed by atoms with Gasteiger partial charge in [-0.25, -0.2) is 0 Å². The maximum absolute atomic E-state index is 14.2. The highest BCUT2D eigenvalue weighted by Crippen LogP contribution is 2.36. The van der Waals surface area contributed by atoms with Gasteiger partial charge in [-0.3, -0.25) is 14.5 Å². The van der Waals surface area contributed by atoms with Crippen LogP contribution in [0.25, 0.3) is 10.9 Å². The molecule has 2 fully saturated rings. The highest BCUT2D eigenvalue weighted by molar-refractivity contribution is 6.38. The molecule has 1 saturated heterocycles. The molecule has 0 atom stereocenters. The van der Waals surface area contributed by atoms with Crippen LogP contribution in [-0.4, -0.2) is 63.6 Å². The number of nitrogens with zero attached hydrogens (tertiary/aromatic N) is 3. The normalized spacial score (nSPS) is 20.2. The van der Waals surface area contributed by atoms with Crippen LogP contribution in [-0.2, 0) is 24.2 Å². The van der Waals surface area contributed by atoms with Gasteiger partial charge in [-0.05, 0) is 54.1 Å². The SMILES string of the molecule is C=CC(F)(F)c1ccc2cc(Cc3c(Cl)ccc(C(=O)N4CCN(C5CC(C(=O)O)C5)CC4)c3Cl)n(C)c2c1. The van der Waals surface area contributed by atoms with Gasteiger partial charge in [-0.1, -0.05) is 41.9 Å². The van der Waals surface area contributed by atoms with E-state index in [-0.39, 0.29) is 28.5 Å². The predicted molar refractivity (Wildman–Crippen MR) is 148 cm³/mol. The third-order valence-electron chi connectivity index (χ3n) is 8.14. The van der Waals surface area contributed by atoms with Crippen LogP contribution in [0.5, 0.6) is 0 Å². The molecule has 1 N–H and O–H groups in total. The lowest BCUT2D eigenvalue weighted by Gasteiger charge is -2.45. The van der Waals surface area contributed by atoms with E-state index in [2.05, 4.69) is 11.5 Å². The minimum atomic E-state index is -3.13. The molecular weight excluding hydrogens is 547 g/mol. The Morgan fingerprint density at radius 2 is 1.79 bits per heavy atom. The maximum Gasteiger partial charge on any atom is 0.306 e. The molecule has 2 heterocycles. The van der Waals surface area contributed by atoms with E-state index in [1.165, 1.54) is 12.1 Å². The molecule has 1 saturated carbocycles. The van der Waals surface area contributed by atoms with Crippen molar-refractivity contribution in [1.29, 1.82) is 0 Å². The number of carbonyl (C=O) groups excluding carboxylic acids is 1. The molecule has 10 heteroatoms. The van der Waals surface area contributed by atoms with Gasteiger partial charge in [0.2, 0.25) is 0 Å². The fourth-order valence-corrected chi connectivity index (χ4v) is 6.12. The number of hydrogen-bond donors (Lipinski definition) is 1. The highest BCUT2D eigenvalue weighted by atomic mass is 35.5. The average molecular weight is 576 g/mol. The first-order valence-corrected chi connectivity index (χ1v) is 13.6. The van der Waals surface area contributed by atoms with E-state index in [1.807, 2.05) is 10.6 Å². The summed E-state index contributed by atoms with van der Waals surface area (Å²) in [4.78, 5) is 28.6. The van der Waals surface area contributed by atoms with Crippen LogP contribution < -0.4 is 0 Å². The Morgan fingerprint density at radius 3 is 2.44 bits per heavy atom. The quantitative estimate of drug-likeness (QED) is 0.352. The second kappa shape index (κ2) is 10.6. The number of aryl methyl sites for hydroxylation is 1. The number of piperazine rings is 1. The Balaban J connectivity index is 1.33. The fourth-order valence-electron chi connectivity index (χ4n) is 5.54. The maximum atomic E-state index is 14.2. The summed E-state index contributed by atoms with van der Waals surface area (Å²) in [6, 6.07) is 9.96. The molecule has 6 nitrogen and oxygen atoms in total. The molecule has 0 bridgehead atoms. The Hall–Kier alpha value is -2.94. The summed E-state index contributed by atoms with van der Waals surface area (Å²) in [5.41, 5.74) is 2.28. The third kappa shape index (κ3) is 5.17. The van der Waals surface area contributed by atoms with E-state index < -0.39 is 11.9 Å². The van der Waals surface area contributed by atoms with Crippen molar-refractivity contribution >= 4 is 46.0 Å². The molecule has 1 aliphatic carbocycles. The van der Waals surface area contributed by atoms with Gasteiger partial charge in [-0.15, -0.1) is 0 Å². The number of aliphatic carboxylic acids is 1. The second-order valence-electron chi connectivity index (χ2n) is 10.3. The fraction of sp³-hybridized carbons (Fsp3) is 0.379. The summed E-state index contributed by atoms with van der Waals surface area (Å²) < 4.78 is 30.2. The number of halogens is 4. The Kier molecular flexibility index (Phi) is 7.48. The molecule has 2 aromatic carbocycles. The summed E-state index contributed by atoms with van der Waals surface area (Å²) in [6.07, 6.45) is 2.25. The molecule has 39 heavy (non-hydrogen) atoms. The Bertz CT molecular complexity index is 1460. The van der Waals surface area contributed by atoms with Gasteiger partial charge in [-0.2, -0.15) is 8.78 Å². The zero-order chi connectivity index (χ0) is 28.1. The minimum absolute atomic E-state index is 0.138. The number of carboxylic acid groups (broad SMARTS) is 1. The second-order valence-corrected chi connectivity index (χ2v) is 11.1. The first-order chi connectivity index (χ1) is 18.5. The van der Waals surface area contributed by atoms with Crippen LogP contribution in [0.2, 0.25) is 10.0 Å². The summed E-state index contributed by atoms with van der Waals surface area (Å²) in [6.45, 7) is 5.66. The molecule has 3 aromatic rings. The highest BCUT2D eigenvalue weighted by Gasteiger charge is 2.39. The van der Waals surface area contributed by atoms with Crippen molar-refractivity contribution in [1.82, 2.24) is 14.4 Å². The molecule has 0 radical (unpaired) electrons. The van der Waals surface area contributed by atoms with Gasteiger partial charge >= 0.3 is 5.97 Å². The summed E-state index contributed by atoms with van der Waals surface area (Å²) >= 11 is 13.3. The van der Waals surface area contributed by atoms with Crippen LogP contribution in [0.4, 0.5) is 8.78 Å². The molecule has 0 spiro atoms. The molecule has 2 aliphatic rings. The van der Waals surface area contributed by atoms with Gasteiger partial charge in [0, 0.05) is 67.5 Å². The van der Waals surface area contributed by atoms with E-state index in [4.69, 9.17) is 28.3 Å². The molecule has 0 unspecified atom stereocenters. The number of rotatable bonds is 7. The number of aromatic nitrogens is 1. The first-order valence-electron chi connectivity index (χ1n) is 12.8. The Morgan fingerprint density at radius 1 is 1.10 bits per heavy atom. The Labute approximate surface area is 235 Å². The topological polar surface area (TPSA) is 65.8 Å². The smallest absolute Gasteiger partial charge is 0.306 e. The van der Waals surface area contributed by atoms with E-state index in [1.54, 1.807) is 30.1 Å². The molecule has 206 valence electrons. The monoisotopic (exact) mass is 575 g/mol. The summed E-state index contributed by atoms with van der Waals surface area (Å²) in [5.74, 6) is -4.32.